The zero-order chi connectivity index (χ0) is 18.5. The van der Waals surface area contributed by atoms with E-state index in [1.807, 2.05) is 30.3 Å². The first-order chi connectivity index (χ1) is 12.3. The quantitative estimate of drug-likeness (QED) is 0.574. The summed E-state index contributed by atoms with van der Waals surface area (Å²) < 4.78 is 28.7. The Labute approximate surface area is 160 Å². The molecule has 1 aliphatic heterocycles. The van der Waals surface area contributed by atoms with Crippen LogP contribution in [0.15, 0.2) is 68.8 Å². The van der Waals surface area contributed by atoms with E-state index in [2.05, 4.69) is 4.40 Å². The second-order valence-electron chi connectivity index (χ2n) is 5.91. The second kappa shape index (κ2) is 6.23. The number of carbonyl (C=O) groups is 1. The number of sulfonamides is 1. The highest BCUT2D eigenvalue weighted by Crippen LogP contribution is 2.38. The highest BCUT2D eigenvalue weighted by atomic mass is 35.5. The maximum absolute atomic E-state index is 12.8. The van der Waals surface area contributed by atoms with Crippen LogP contribution in [0.25, 0.3) is 10.8 Å². The van der Waals surface area contributed by atoms with Gasteiger partial charge in [0, 0.05) is 15.5 Å². The lowest BCUT2D eigenvalue weighted by atomic mass is 10.0. The molecule has 0 saturated heterocycles. The van der Waals surface area contributed by atoms with Crippen LogP contribution in [-0.4, -0.2) is 19.2 Å². The van der Waals surface area contributed by atoms with Crippen molar-refractivity contribution in [2.45, 2.75) is 16.7 Å². The number of thioether (sulfide) groups is 1. The Bertz CT molecular complexity index is 1220. The van der Waals surface area contributed by atoms with Gasteiger partial charge in [-0.15, -0.1) is 4.40 Å². The summed E-state index contributed by atoms with van der Waals surface area (Å²) in [6.07, 6.45) is 0. The Morgan fingerprint density at radius 3 is 2.54 bits per heavy atom. The molecule has 0 spiro atoms. The zero-order valence-electron chi connectivity index (χ0n) is 13.6. The van der Waals surface area contributed by atoms with Gasteiger partial charge >= 0.3 is 0 Å². The van der Waals surface area contributed by atoms with Crippen LogP contribution in [0, 0.1) is 6.92 Å². The van der Waals surface area contributed by atoms with Gasteiger partial charge in [-0.05, 0) is 41.5 Å². The van der Waals surface area contributed by atoms with E-state index in [0.717, 1.165) is 22.5 Å². The third kappa shape index (κ3) is 2.94. The van der Waals surface area contributed by atoms with Gasteiger partial charge in [0.1, 0.15) is 4.90 Å². The van der Waals surface area contributed by atoms with Crippen molar-refractivity contribution >= 4 is 55.0 Å². The van der Waals surface area contributed by atoms with Gasteiger partial charge in [-0.2, -0.15) is 8.42 Å². The molecule has 0 fully saturated rings. The Kier molecular flexibility index (Phi) is 4.14. The minimum absolute atomic E-state index is 0.0762. The Hall–Kier alpha value is -2.15. The number of hydrogen-bond acceptors (Lipinski definition) is 4. The standard InChI is InChI=1S/C19H12ClNO3S2/c1-11-8-17-16(10-15(11)20)25-19(21-26(17,23)24)18(22)14-7-6-12-4-2-3-5-13(12)9-14/h2-10H,1H3. The van der Waals surface area contributed by atoms with Crippen molar-refractivity contribution < 1.29 is 13.2 Å². The Morgan fingerprint density at radius 1 is 1.04 bits per heavy atom. The SMILES string of the molecule is Cc1cc2c(cc1Cl)SC(C(=O)c1ccc3ccccc3c1)=NS2(=O)=O. The molecule has 0 aromatic heterocycles. The van der Waals surface area contributed by atoms with Crippen LogP contribution in [0.2, 0.25) is 5.02 Å². The summed E-state index contributed by atoms with van der Waals surface area (Å²) in [4.78, 5) is 13.3. The van der Waals surface area contributed by atoms with E-state index in [0.29, 0.717) is 21.0 Å². The fraction of sp³-hybridized carbons (Fsp3) is 0.0526. The molecule has 1 heterocycles. The molecule has 0 unspecified atom stereocenters. The molecule has 0 radical (unpaired) electrons. The summed E-state index contributed by atoms with van der Waals surface area (Å²) in [6, 6.07) is 16.0. The average Bonchev–Trinajstić information content (AvgIpc) is 2.62. The van der Waals surface area contributed by atoms with E-state index in [1.165, 1.54) is 6.07 Å². The van der Waals surface area contributed by atoms with Crippen LogP contribution in [0.3, 0.4) is 0 Å². The first kappa shape index (κ1) is 17.3. The lowest BCUT2D eigenvalue weighted by molar-refractivity contribution is 0.106. The normalized spacial score (nSPS) is 15.4. The fourth-order valence-electron chi connectivity index (χ4n) is 2.74. The molecule has 0 saturated carbocycles. The minimum atomic E-state index is -3.94. The van der Waals surface area contributed by atoms with Crippen molar-refractivity contribution in [1.29, 1.82) is 0 Å². The average molecular weight is 402 g/mol. The van der Waals surface area contributed by atoms with Gasteiger partial charge in [-0.1, -0.05) is 59.8 Å². The maximum Gasteiger partial charge on any atom is 0.284 e. The third-order valence-corrected chi connectivity index (χ3v) is 7.11. The Morgan fingerprint density at radius 2 is 1.77 bits per heavy atom. The number of rotatable bonds is 2. The van der Waals surface area contributed by atoms with E-state index >= 15 is 0 Å². The molecule has 0 amide bonds. The van der Waals surface area contributed by atoms with Crippen LogP contribution in [0.5, 0.6) is 0 Å². The number of ketones is 1. The number of carbonyl (C=O) groups excluding carboxylic acids is 1. The van der Waals surface area contributed by atoms with Crippen molar-refractivity contribution in [2.24, 2.45) is 4.40 Å². The molecule has 0 N–H and O–H groups in total. The molecule has 3 aromatic carbocycles. The summed E-state index contributed by atoms with van der Waals surface area (Å²) in [5, 5.41) is 2.28. The molecule has 0 bridgehead atoms. The molecule has 26 heavy (non-hydrogen) atoms. The topological polar surface area (TPSA) is 63.6 Å². The molecular weight excluding hydrogens is 390 g/mol. The van der Waals surface area contributed by atoms with Crippen molar-refractivity contribution in [1.82, 2.24) is 0 Å². The predicted octanol–water partition coefficient (Wildman–Crippen LogP) is 4.88. The number of Topliss-reactive ketones (excluding diaryl/α,β-unsaturated/α-hetero) is 1. The van der Waals surface area contributed by atoms with E-state index in [4.69, 9.17) is 11.6 Å². The van der Waals surface area contributed by atoms with Gasteiger partial charge in [-0.3, -0.25) is 4.79 Å². The van der Waals surface area contributed by atoms with E-state index in [9.17, 15) is 13.2 Å². The number of nitrogens with zero attached hydrogens (tertiary/aromatic N) is 1. The molecule has 0 aliphatic carbocycles. The molecule has 4 nitrogen and oxygen atoms in total. The van der Waals surface area contributed by atoms with Gasteiger partial charge in [0.05, 0.1) is 0 Å². The lowest BCUT2D eigenvalue weighted by Gasteiger charge is -2.16. The number of fused-ring (bicyclic) bond motifs is 2. The van der Waals surface area contributed by atoms with Gasteiger partial charge in [0.2, 0.25) is 5.78 Å². The van der Waals surface area contributed by atoms with Crippen LogP contribution in [-0.2, 0) is 10.0 Å². The molecule has 130 valence electrons. The second-order valence-corrected chi connectivity index (χ2v) is 8.92. The zero-order valence-corrected chi connectivity index (χ0v) is 16.0. The number of aryl methyl sites for hydroxylation is 1. The monoisotopic (exact) mass is 401 g/mol. The lowest BCUT2D eigenvalue weighted by Crippen LogP contribution is -2.18. The summed E-state index contributed by atoms with van der Waals surface area (Å²) in [5.41, 5.74) is 1.04. The van der Waals surface area contributed by atoms with Gasteiger partial charge in [0.15, 0.2) is 5.04 Å². The molecule has 0 atom stereocenters. The van der Waals surface area contributed by atoms with E-state index in [-0.39, 0.29) is 9.94 Å². The molecule has 7 heteroatoms. The first-order valence-corrected chi connectivity index (χ1v) is 10.3. The van der Waals surface area contributed by atoms with Crippen molar-refractivity contribution in [3.63, 3.8) is 0 Å². The van der Waals surface area contributed by atoms with Crippen molar-refractivity contribution in [3.05, 3.63) is 70.7 Å². The minimum Gasteiger partial charge on any atom is -0.286 e. The van der Waals surface area contributed by atoms with Crippen LogP contribution in [0.1, 0.15) is 15.9 Å². The summed E-state index contributed by atoms with van der Waals surface area (Å²) in [6.45, 7) is 1.72. The fourth-order valence-corrected chi connectivity index (χ4v) is 5.65. The first-order valence-electron chi connectivity index (χ1n) is 7.72. The highest BCUT2D eigenvalue weighted by Gasteiger charge is 2.30. The van der Waals surface area contributed by atoms with Crippen LogP contribution >= 0.6 is 23.4 Å². The number of benzene rings is 3. The predicted molar refractivity (Wildman–Crippen MR) is 105 cm³/mol. The summed E-state index contributed by atoms with van der Waals surface area (Å²) >= 11 is 7.14. The van der Waals surface area contributed by atoms with E-state index < -0.39 is 15.8 Å². The van der Waals surface area contributed by atoms with E-state index in [1.54, 1.807) is 25.1 Å². The third-order valence-electron chi connectivity index (χ3n) is 4.12. The smallest absolute Gasteiger partial charge is 0.284 e. The van der Waals surface area contributed by atoms with Crippen molar-refractivity contribution in [2.75, 3.05) is 0 Å². The van der Waals surface area contributed by atoms with Gasteiger partial charge in [-0.25, -0.2) is 0 Å². The molecular formula is C19H12ClNO3S2. The summed E-state index contributed by atoms with van der Waals surface area (Å²) in [7, 11) is -3.94. The van der Waals surface area contributed by atoms with Crippen LogP contribution in [0.4, 0.5) is 0 Å². The van der Waals surface area contributed by atoms with Gasteiger partial charge < -0.3 is 0 Å². The van der Waals surface area contributed by atoms with Crippen LogP contribution < -0.4 is 0 Å². The largest absolute Gasteiger partial charge is 0.286 e. The molecule has 1 aliphatic rings. The molecule has 3 aromatic rings. The summed E-state index contributed by atoms with van der Waals surface area (Å²) in [5.74, 6) is -0.424. The molecule has 4 rings (SSSR count). The number of hydrogen-bond donors (Lipinski definition) is 0. The van der Waals surface area contributed by atoms with Crippen molar-refractivity contribution in [3.8, 4) is 0 Å². The number of halogens is 1. The van der Waals surface area contributed by atoms with Gasteiger partial charge in [0.25, 0.3) is 10.0 Å². The Balaban J connectivity index is 1.79. The highest BCUT2D eigenvalue weighted by molar-refractivity contribution is 8.17. The maximum atomic E-state index is 12.8.